The van der Waals surface area contributed by atoms with E-state index in [9.17, 15) is 13.6 Å². The number of pyridine rings is 1. The summed E-state index contributed by atoms with van der Waals surface area (Å²) in [5.41, 5.74) is 5.26. The van der Waals surface area contributed by atoms with E-state index in [0.717, 1.165) is 44.7 Å². The summed E-state index contributed by atoms with van der Waals surface area (Å²) in [6, 6.07) is 18.7. The van der Waals surface area contributed by atoms with Gasteiger partial charge in [0.25, 0.3) is 5.91 Å². The molecule has 34 heavy (non-hydrogen) atoms. The van der Waals surface area contributed by atoms with Crippen LogP contribution in [0.2, 0.25) is 0 Å². The molecule has 0 saturated carbocycles. The summed E-state index contributed by atoms with van der Waals surface area (Å²) in [6.07, 6.45) is 0. The predicted molar refractivity (Wildman–Crippen MR) is 131 cm³/mol. The molecular formula is C27H22F2N4O. The molecular weight excluding hydrogens is 434 g/mol. The van der Waals surface area contributed by atoms with Crippen molar-refractivity contribution in [2.24, 2.45) is 0 Å². The summed E-state index contributed by atoms with van der Waals surface area (Å²) in [5, 5.41) is 7.75. The number of H-pyrrole nitrogens is 1. The van der Waals surface area contributed by atoms with Gasteiger partial charge in [-0.1, -0.05) is 36.4 Å². The standard InChI is InChI=1S/C27H22F2N4O/c1-15-6-5-7-16(2)25(15)33-27(34)23-13-19-18-8-3-4-9-21(18)32-26(19)24(31-23)14-30-22-11-10-17(28)12-20(22)29/h3-13,30,32H,14H2,1-2H3,(H,33,34). The number of halogens is 2. The molecule has 5 rings (SSSR count). The monoisotopic (exact) mass is 456 g/mol. The molecule has 0 aliphatic rings. The first-order valence-corrected chi connectivity index (χ1v) is 10.9. The van der Waals surface area contributed by atoms with Crippen LogP contribution in [0.3, 0.4) is 0 Å². The second-order valence-corrected chi connectivity index (χ2v) is 8.25. The van der Waals surface area contributed by atoms with Crippen LogP contribution in [0, 0.1) is 25.5 Å². The van der Waals surface area contributed by atoms with Crippen LogP contribution >= 0.6 is 0 Å². The number of carbonyl (C=O) groups excluding carboxylic acids is 1. The highest BCUT2D eigenvalue weighted by Crippen LogP contribution is 2.29. The zero-order chi connectivity index (χ0) is 23.8. The first-order chi connectivity index (χ1) is 16.4. The normalized spacial score (nSPS) is 11.2. The summed E-state index contributed by atoms with van der Waals surface area (Å²) in [7, 11) is 0. The molecule has 0 radical (unpaired) electrons. The molecule has 3 N–H and O–H groups in total. The van der Waals surface area contributed by atoms with E-state index < -0.39 is 11.6 Å². The lowest BCUT2D eigenvalue weighted by Crippen LogP contribution is -2.17. The van der Waals surface area contributed by atoms with E-state index >= 15 is 0 Å². The lowest BCUT2D eigenvalue weighted by Gasteiger charge is -2.13. The van der Waals surface area contributed by atoms with Gasteiger partial charge in [-0.2, -0.15) is 0 Å². The summed E-state index contributed by atoms with van der Waals surface area (Å²) in [4.78, 5) is 21.2. The Labute approximate surface area is 194 Å². The van der Waals surface area contributed by atoms with Crippen LogP contribution in [-0.4, -0.2) is 15.9 Å². The highest BCUT2D eigenvalue weighted by molar-refractivity contribution is 6.12. The van der Waals surface area contributed by atoms with Gasteiger partial charge < -0.3 is 15.6 Å². The molecule has 170 valence electrons. The Kier molecular flexibility index (Phi) is 5.45. The number of anilines is 2. The van der Waals surface area contributed by atoms with Gasteiger partial charge in [0.1, 0.15) is 17.3 Å². The Morgan fingerprint density at radius 2 is 1.71 bits per heavy atom. The first-order valence-electron chi connectivity index (χ1n) is 10.9. The van der Waals surface area contributed by atoms with Crippen LogP contribution in [-0.2, 0) is 6.54 Å². The summed E-state index contributed by atoms with van der Waals surface area (Å²) < 4.78 is 27.5. The lowest BCUT2D eigenvalue weighted by molar-refractivity contribution is 0.102. The molecule has 0 spiro atoms. The van der Waals surface area contributed by atoms with Gasteiger partial charge >= 0.3 is 0 Å². The highest BCUT2D eigenvalue weighted by atomic mass is 19.1. The first kappa shape index (κ1) is 21.6. The van der Waals surface area contributed by atoms with E-state index in [4.69, 9.17) is 0 Å². The Hall–Kier alpha value is -4.26. The number of carbonyl (C=O) groups is 1. The highest BCUT2D eigenvalue weighted by Gasteiger charge is 2.17. The third-order valence-electron chi connectivity index (χ3n) is 5.90. The van der Waals surface area contributed by atoms with E-state index in [0.29, 0.717) is 5.69 Å². The molecule has 0 unspecified atom stereocenters. The molecule has 0 aliphatic carbocycles. The summed E-state index contributed by atoms with van der Waals surface area (Å²) in [6.45, 7) is 4.01. The SMILES string of the molecule is Cc1cccc(C)c1NC(=O)c1cc2c([nH]c3ccccc32)c(CNc2ccc(F)cc2F)n1. The van der Waals surface area contributed by atoms with Crippen LogP contribution in [0.15, 0.2) is 66.7 Å². The maximum absolute atomic E-state index is 14.2. The molecule has 3 aromatic carbocycles. The second kappa shape index (κ2) is 8.59. The second-order valence-electron chi connectivity index (χ2n) is 8.25. The number of aryl methyl sites for hydroxylation is 2. The van der Waals surface area contributed by atoms with E-state index in [2.05, 4.69) is 20.6 Å². The zero-order valence-corrected chi connectivity index (χ0v) is 18.7. The van der Waals surface area contributed by atoms with Gasteiger partial charge in [0.05, 0.1) is 23.4 Å². The largest absolute Gasteiger partial charge is 0.377 e. The molecule has 5 nitrogen and oxygen atoms in total. The third-order valence-corrected chi connectivity index (χ3v) is 5.90. The average molecular weight is 456 g/mol. The fraction of sp³-hybridized carbons (Fsp3) is 0.111. The van der Waals surface area contributed by atoms with Crippen LogP contribution in [0.1, 0.15) is 27.3 Å². The molecule has 7 heteroatoms. The Morgan fingerprint density at radius 1 is 0.941 bits per heavy atom. The molecule has 2 heterocycles. The maximum Gasteiger partial charge on any atom is 0.274 e. The van der Waals surface area contributed by atoms with Crippen molar-refractivity contribution in [2.45, 2.75) is 20.4 Å². The topological polar surface area (TPSA) is 69.8 Å². The molecule has 0 atom stereocenters. The summed E-state index contributed by atoms with van der Waals surface area (Å²) in [5.74, 6) is -1.68. The van der Waals surface area contributed by atoms with Crippen molar-refractivity contribution in [2.75, 3.05) is 10.6 Å². The van der Waals surface area contributed by atoms with Crippen molar-refractivity contribution in [1.82, 2.24) is 9.97 Å². The number of nitrogens with zero attached hydrogens (tertiary/aromatic N) is 1. The number of benzene rings is 3. The van der Waals surface area contributed by atoms with Gasteiger partial charge in [-0.15, -0.1) is 0 Å². The zero-order valence-electron chi connectivity index (χ0n) is 18.7. The van der Waals surface area contributed by atoms with Crippen LogP contribution in [0.5, 0.6) is 0 Å². The minimum atomic E-state index is -0.697. The molecule has 5 aromatic rings. The van der Waals surface area contributed by atoms with Crippen LogP contribution in [0.4, 0.5) is 20.2 Å². The predicted octanol–water partition coefficient (Wildman–Crippen LogP) is 6.48. The average Bonchev–Trinajstić information content (AvgIpc) is 3.19. The number of para-hydroxylation sites is 2. The number of fused-ring (bicyclic) bond motifs is 3. The van der Waals surface area contributed by atoms with Crippen molar-refractivity contribution >= 4 is 39.1 Å². The van der Waals surface area contributed by atoms with Gasteiger partial charge in [0.15, 0.2) is 0 Å². The van der Waals surface area contributed by atoms with E-state index in [-0.39, 0.29) is 23.8 Å². The van der Waals surface area contributed by atoms with Crippen molar-refractivity contribution in [3.8, 4) is 0 Å². The molecule has 0 aliphatic heterocycles. The van der Waals surface area contributed by atoms with Crippen LogP contribution in [0.25, 0.3) is 21.8 Å². The van der Waals surface area contributed by atoms with Crippen molar-refractivity contribution in [3.63, 3.8) is 0 Å². The fourth-order valence-corrected chi connectivity index (χ4v) is 4.16. The number of rotatable bonds is 5. The quantitative estimate of drug-likeness (QED) is 0.284. The van der Waals surface area contributed by atoms with Crippen molar-refractivity contribution in [3.05, 3.63) is 101 Å². The van der Waals surface area contributed by atoms with E-state index in [1.807, 2.05) is 56.3 Å². The molecule has 0 saturated heterocycles. The number of hydrogen-bond donors (Lipinski definition) is 3. The smallest absolute Gasteiger partial charge is 0.274 e. The van der Waals surface area contributed by atoms with Gasteiger partial charge in [0.2, 0.25) is 0 Å². The number of amides is 1. The Morgan fingerprint density at radius 3 is 2.47 bits per heavy atom. The molecule has 0 bridgehead atoms. The minimum Gasteiger partial charge on any atom is -0.377 e. The molecule has 0 fully saturated rings. The Bertz CT molecular complexity index is 1540. The van der Waals surface area contributed by atoms with Crippen LogP contribution < -0.4 is 10.6 Å². The number of aromatic nitrogens is 2. The minimum absolute atomic E-state index is 0.135. The van der Waals surface area contributed by atoms with Crippen molar-refractivity contribution in [1.29, 1.82) is 0 Å². The van der Waals surface area contributed by atoms with Gasteiger partial charge in [0, 0.05) is 28.0 Å². The van der Waals surface area contributed by atoms with E-state index in [1.165, 1.54) is 12.1 Å². The number of hydrogen-bond acceptors (Lipinski definition) is 3. The number of aromatic amines is 1. The third kappa shape index (κ3) is 3.96. The van der Waals surface area contributed by atoms with Crippen molar-refractivity contribution < 1.29 is 13.6 Å². The molecule has 2 aromatic heterocycles. The lowest BCUT2D eigenvalue weighted by atomic mass is 10.1. The summed E-state index contributed by atoms with van der Waals surface area (Å²) >= 11 is 0. The fourth-order valence-electron chi connectivity index (χ4n) is 4.16. The number of nitrogens with one attached hydrogen (secondary N) is 3. The molecule has 1 amide bonds. The maximum atomic E-state index is 14.2. The van der Waals surface area contributed by atoms with Gasteiger partial charge in [-0.05, 0) is 49.2 Å². The van der Waals surface area contributed by atoms with E-state index in [1.54, 1.807) is 6.07 Å². The van der Waals surface area contributed by atoms with Gasteiger partial charge in [-0.25, -0.2) is 13.8 Å². The Balaban J connectivity index is 1.57. The van der Waals surface area contributed by atoms with Gasteiger partial charge in [-0.3, -0.25) is 4.79 Å².